The van der Waals surface area contributed by atoms with E-state index in [9.17, 15) is 13.6 Å². The van der Waals surface area contributed by atoms with E-state index in [1.807, 2.05) is 0 Å². The number of hydrogen-bond acceptors (Lipinski definition) is 5. The van der Waals surface area contributed by atoms with Crippen LogP contribution in [0.5, 0.6) is 11.5 Å². The van der Waals surface area contributed by atoms with Crippen LogP contribution in [-0.2, 0) is 6.54 Å². The van der Waals surface area contributed by atoms with Gasteiger partial charge in [0.1, 0.15) is 5.00 Å². The summed E-state index contributed by atoms with van der Waals surface area (Å²) < 4.78 is 37.3. The van der Waals surface area contributed by atoms with Crippen molar-refractivity contribution in [1.82, 2.24) is 9.69 Å². The Bertz CT molecular complexity index is 975. The topological polar surface area (TPSA) is 63.2 Å². The molecule has 8 heteroatoms. The molecule has 1 aromatic heterocycles. The van der Waals surface area contributed by atoms with Gasteiger partial charge in [0.05, 0.1) is 11.3 Å². The third-order valence-corrected chi connectivity index (χ3v) is 4.78. The van der Waals surface area contributed by atoms with Gasteiger partial charge in [0.2, 0.25) is 0 Å². The van der Waals surface area contributed by atoms with Crippen LogP contribution < -0.4 is 15.4 Å². The number of nitrogens with zero attached hydrogens (tertiary/aromatic N) is 1. The summed E-state index contributed by atoms with van der Waals surface area (Å²) in [4.78, 5) is 12.4. The number of para-hydroxylation sites is 1. The molecule has 0 aliphatic carbocycles. The van der Waals surface area contributed by atoms with Gasteiger partial charge in [-0.05, 0) is 48.3 Å². The Balaban J connectivity index is 1.68. The number of carbonyl (C=O) groups is 1. The van der Waals surface area contributed by atoms with Crippen LogP contribution in [0.2, 0.25) is 0 Å². The van der Waals surface area contributed by atoms with Crippen molar-refractivity contribution in [2.24, 2.45) is 0 Å². The smallest absolute Gasteiger partial charge is 0.256 e. The fourth-order valence-corrected chi connectivity index (χ4v) is 3.20. The average Bonchev–Trinajstić information content (AvgIpc) is 3.04. The quantitative estimate of drug-likeness (QED) is 0.652. The SMILES string of the molecule is CNc1snc(C)c1C(=O)NCc1ccc(Oc2ccccc2F)c(F)c1. The first kappa shape index (κ1) is 18.8. The van der Waals surface area contributed by atoms with E-state index in [1.165, 1.54) is 41.9 Å². The molecule has 0 spiro atoms. The molecule has 0 saturated heterocycles. The van der Waals surface area contributed by atoms with Crippen molar-refractivity contribution < 1.29 is 18.3 Å². The zero-order valence-electron chi connectivity index (χ0n) is 14.7. The van der Waals surface area contributed by atoms with E-state index in [-0.39, 0.29) is 24.0 Å². The van der Waals surface area contributed by atoms with Gasteiger partial charge in [-0.15, -0.1) is 0 Å². The monoisotopic (exact) mass is 389 g/mol. The Morgan fingerprint density at radius 1 is 1.15 bits per heavy atom. The van der Waals surface area contributed by atoms with Gasteiger partial charge in [0.25, 0.3) is 5.91 Å². The fourth-order valence-electron chi connectivity index (χ4n) is 2.46. The first-order valence-corrected chi connectivity index (χ1v) is 8.90. The number of benzene rings is 2. The summed E-state index contributed by atoms with van der Waals surface area (Å²) in [6, 6.07) is 10.0. The van der Waals surface area contributed by atoms with E-state index in [0.717, 1.165) is 0 Å². The highest BCUT2D eigenvalue weighted by Gasteiger charge is 2.17. The van der Waals surface area contributed by atoms with Gasteiger partial charge in [-0.2, -0.15) is 4.37 Å². The summed E-state index contributed by atoms with van der Waals surface area (Å²) in [5.41, 5.74) is 1.65. The zero-order chi connectivity index (χ0) is 19.4. The second-order valence-electron chi connectivity index (χ2n) is 5.70. The summed E-state index contributed by atoms with van der Waals surface area (Å²) in [5.74, 6) is -1.66. The van der Waals surface area contributed by atoms with Crippen molar-refractivity contribution in [3.63, 3.8) is 0 Å². The lowest BCUT2D eigenvalue weighted by molar-refractivity contribution is 0.0951. The molecule has 3 rings (SSSR count). The highest BCUT2D eigenvalue weighted by Crippen LogP contribution is 2.27. The zero-order valence-corrected chi connectivity index (χ0v) is 15.5. The molecule has 0 fully saturated rings. The van der Waals surface area contributed by atoms with Crippen LogP contribution in [0.15, 0.2) is 42.5 Å². The van der Waals surface area contributed by atoms with Crippen molar-refractivity contribution >= 4 is 22.4 Å². The Kier molecular flexibility index (Phi) is 5.66. The predicted molar refractivity (Wildman–Crippen MR) is 100 cm³/mol. The van der Waals surface area contributed by atoms with Gasteiger partial charge >= 0.3 is 0 Å². The second kappa shape index (κ2) is 8.13. The third kappa shape index (κ3) is 4.22. The largest absolute Gasteiger partial charge is 0.451 e. The third-order valence-electron chi connectivity index (χ3n) is 3.82. The maximum absolute atomic E-state index is 14.3. The molecule has 1 heterocycles. The van der Waals surface area contributed by atoms with E-state index in [1.54, 1.807) is 26.1 Å². The lowest BCUT2D eigenvalue weighted by Gasteiger charge is -2.10. The minimum absolute atomic E-state index is 0.0579. The van der Waals surface area contributed by atoms with Gasteiger partial charge in [0, 0.05) is 13.6 Å². The van der Waals surface area contributed by atoms with Crippen molar-refractivity contribution in [2.45, 2.75) is 13.5 Å². The number of anilines is 1. The van der Waals surface area contributed by atoms with Crippen LogP contribution in [0.1, 0.15) is 21.6 Å². The molecule has 0 aliphatic rings. The molecule has 0 bridgehead atoms. The number of hydrogen-bond donors (Lipinski definition) is 2. The number of amides is 1. The minimum Gasteiger partial charge on any atom is -0.451 e. The average molecular weight is 389 g/mol. The molecule has 140 valence electrons. The lowest BCUT2D eigenvalue weighted by atomic mass is 10.2. The molecular weight excluding hydrogens is 372 g/mol. The van der Waals surface area contributed by atoms with Gasteiger partial charge in [0.15, 0.2) is 23.1 Å². The van der Waals surface area contributed by atoms with Crippen molar-refractivity contribution in [3.05, 3.63) is 70.9 Å². The Morgan fingerprint density at radius 3 is 2.59 bits per heavy atom. The fraction of sp³-hybridized carbons (Fsp3) is 0.158. The summed E-state index contributed by atoms with van der Waals surface area (Å²) in [6.45, 7) is 1.88. The van der Waals surface area contributed by atoms with Crippen LogP contribution in [0.4, 0.5) is 13.8 Å². The second-order valence-corrected chi connectivity index (χ2v) is 6.48. The van der Waals surface area contributed by atoms with Gasteiger partial charge in [-0.3, -0.25) is 4.79 Å². The Labute approximate surface area is 159 Å². The van der Waals surface area contributed by atoms with Crippen molar-refractivity contribution in [2.75, 3.05) is 12.4 Å². The molecule has 27 heavy (non-hydrogen) atoms. The normalized spacial score (nSPS) is 10.5. The van der Waals surface area contributed by atoms with Crippen molar-refractivity contribution in [3.8, 4) is 11.5 Å². The van der Waals surface area contributed by atoms with Crippen LogP contribution in [0.3, 0.4) is 0 Å². The number of rotatable bonds is 6. The summed E-state index contributed by atoms with van der Waals surface area (Å²) in [5, 5.41) is 6.34. The van der Waals surface area contributed by atoms with Gasteiger partial charge < -0.3 is 15.4 Å². The molecule has 0 radical (unpaired) electrons. The Hall–Kier alpha value is -3.00. The predicted octanol–water partition coefficient (Wildman–Crippen LogP) is 4.49. The molecule has 0 atom stereocenters. The van der Waals surface area contributed by atoms with E-state index in [2.05, 4.69) is 15.0 Å². The maximum atomic E-state index is 14.3. The van der Waals surface area contributed by atoms with E-state index in [0.29, 0.717) is 21.8 Å². The Morgan fingerprint density at radius 2 is 1.89 bits per heavy atom. The summed E-state index contributed by atoms with van der Waals surface area (Å²) in [7, 11) is 1.72. The highest BCUT2D eigenvalue weighted by molar-refractivity contribution is 7.10. The molecule has 0 saturated carbocycles. The minimum atomic E-state index is -0.644. The maximum Gasteiger partial charge on any atom is 0.256 e. The molecule has 2 aromatic carbocycles. The molecular formula is C19H17F2N3O2S. The molecule has 0 aliphatic heterocycles. The van der Waals surface area contributed by atoms with Crippen LogP contribution >= 0.6 is 11.5 Å². The number of aromatic nitrogens is 1. The van der Waals surface area contributed by atoms with Gasteiger partial charge in [-0.25, -0.2) is 8.78 Å². The van der Waals surface area contributed by atoms with E-state index >= 15 is 0 Å². The summed E-state index contributed by atoms with van der Waals surface area (Å²) in [6.07, 6.45) is 0. The van der Waals surface area contributed by atoms with Crippen molar-refractivity contribution in [1.29, 1.82) is 0 Å². The number of carbonyl (C=O) groups excluding carboxylic acids is 1. The van der Waals surface area contributed by atoms with Crippen LogP contribution in [0, 0.1) is 18.6 Å². The van der Waals surface area contributed by atoms with Gasteiger partial charge in [-0.1, -0.05) is 18.2 Å². The van der Waals surface area contributed by atoms with Crippen LogP contribution in [-0.4, -0.2) is 17.3 Å². The number of ether oxygens (including phenoxy) is 1. The first-order valence-electron chi connectivity index (χ1n) is 8.12. The molecule has 1 amide bonds. The molecule has 2 N–H and O–H groups in total. The molecule has 5 nitrogen and oxygen atoms in total. The number of aryl methyl sites for hydroxylation is 1. The molecule has 3 aromatic rings. The van der Waals surface area contributed by atoms with E-state index in [4.69, 9.17) is 4.74 Å². The summed E-state index contributed by atoms with van der Waals surface area (Å²) >= 11 is 1.20. The number of nitrogens with one attached hydrogen (secondary N) is 2. The highest BCUT2D eigenvalue weighted by atomic mass is 32.1. The first-order chi connectivity index (χ1) is 13.0. The van der Waals surface area contributed by atoms with Crippen LogP contribution in [0.25, 0.3) is 0 Å². The lowest BCUT2D eigenvalue weighted by Crippen LogP contribution is -2.24. The molecule has 0 unspecified atom stereocenters. The van der Waals surface area contributed by atoms with E-state index < -0.39 is 11.6 Å². The number of halogens is 2. The standard InChI is InChI=1S/C19H17F2N3O2S/c1-11-17(19(22-2)27-24-11)18(25)23-10-12-7-8-16(14(21)9-12)26-15-6-4-3-5-13(15)20/h3-9,22H,10H2,1-2H3,(H,23,25).